The Morgan fingerprint density at radius 3 is 3.00 bits per heavy atom. The molecule has 2 heterocycles. The van der Waals surface area contributed by atoms with Crippen LogP contribution in [-0.2, 0) is 0 Å². The van der Waals surface area contributed by atoms with E-state index in [1.807, 2.05) is 0 Å². The molecule has 2 heteroatoms. The SMILES string of the molecule is CC1=CC=CN2B1C=Cc1ccccc12. The number of nitrogens with zero attached hydrogens (tertiary/aromatic N) is 1. The Kier molecular flexibility index (Phi) is 1.81. The zero-order chi connectivity index (χ0) is 10.3. The van der Waals surface area contributed by atoms with E-state index < -0.39 is 0 Å². The van der Waals surface area contributed by atoms with Crippen LogP contribution in [-0.4, -0.2) is 6.85 Å². The highest BCUT2D eigenvalue weighted by molar-refractivity contribution is 6.77. The quantitative estimate of drug-likeness (QED) is 0.572. The van der Waals surface area contributed by atoms with Gasteiger partial charge < -0.3 is 4.81 Å². The molecule has 0 atom stereocenters. The Bertz CT molecular complexity index is 485. The number of anilines is 1. The van der Waals surface area contributed by atoms with Crippen LogP contribution >= 0.6 is 0 Å². The molecular formula is C13H12BN. The first-order valence-corrected chi connectivity index (χ1v) is 5.27. The van der Waals surface area contributed by atoms with Crippen LogP contribution in [0, 0.1) is 0 Å². The molecule has 72 valence electrons. The summed E-state index contributed by atoms with van der Waals surface area (Å²) in [5.74, 6) is 2.26. The minimum absolute atomic E-state index is 0.407. The Hall–Kier alpha value is -1.70. The van der Waals surface area contributed by atoms with Crippen molar-refractivity contribution in [3.63, 3.8) is 0 Å². The standard InChI is InChI=1S/C13H12BN/c1-11-5-4-10-15-13-7-3-2-6-12(13)8-9-14(11)15/h2-10H,1H3. The van der Waals surface area contributed by atoms with Gasteiger partial charge in [0.15, 0.2) is 0 Å². The van der Waals surface area contributed by atoms with Gasteiger partial charge in [-0.3, -0.25) is 0 Å². The fourth-order valence-electron chi connectivity index (χ4n) is 2.23. The van der Waals surface area contributed by atoms with Crippen molar-refractivity contribution in [1.82, 2.24) is 0 Å². The summed E-state index contributed by atoms with van der Waals surface area (Å²) in [7, 11) is 0. The third-order valence-electron chi connectivity index (χ3n) is 3.04. The summed E-state index contributed by atoms with van der Waals surface area (Å²) in [4.78, 5) is 2.32. The normalized spacial score (nSPS) is 17.3. The lowest BCUT2D eigenvalue weighted by Crippen LogP contribution is -2.38. The van der Waals surface area contributed by atoms with E-state index in [9.17, 15) is 0 Å². The van der Waals surface area contributed by atoms with E-state index in [1.165, 1.54) is 16.7 Å². The van der Waals surface area contributed by atoms with Gasteiger partial charge in [-0.15, -0.1) is 0 Å². The van der Waals surface area contributed by atoms with Crippen LogP contribution in [0.5, 0.6) is 0 Å². The molecule has 0 amide bonds. The van der Waals surface area contributed by atoms with Crippen molar-refractivity contribution < 1.29 is 0 Å². The molecule has 0 aromatic heterocycles. The Morgan fingerprint density at radius 1 is 1.20 bits per heavy atom. The van der Waals surface area contributed by atoms with Crippen LogP contribution in [0.15, 0.2) is 54.1 Å². The van der Waals surface area contributed by atoms with E-state index in [1.54, 1.807) is 0 Å². The average molecular weight is 193 g/mol. The van der Waals surface area contributed by atoms with Crippen LogP contribution < -0.4 is 4.81 Å². The lowest BCUT2D eigenvalue weighted by molar-refractivity contribution is 1.32. The molecule has 0 radical (unpaired) electrons. The van der Waals surface area contributed by atoms with E-state index >= 15 is 0 Å². The Morgan fingerprint density at radius 2 is 2.07 bits per heavy atom. The van der Waals surface area contributed by atoms with Gasteiger partial charge in [-0.2, -0.15) is 0 Å². The maximum atomic E-state index is 2.32. The molecule has 0 spiro atoms. The summed E-state index contributed by atoms with van der Waals surface area (Å²) in [6.07, 6.45) is 8.66. The number of allylic oxidation sites excluding steroid dienone is 3. The number of para-hydroxylation sites is 1. The van der Waals surface area contributed by atoms with Crippen molar-refractivity contribution in [3.05, 3.63) is 59.6 Å². The molecule has 3 rings (SSSR count). The van der Waals surface area contributed by atoms with Crippen LogP contribution in [0.3, 0.4) is 0 Å². The van der Waals surface area contributed by atoms with Gasteiger partial charge in [-0.1, -0.05) is 41.8 Å². The molecule has 0 unspecified atom stereocenters. The minimum atomic E-state index is 0.407. The Balaban J connectivity index is 2.15. The maximum Gasteiger partial charge on any atom is 0.315 e. The number of hydrogen-bond donors (Lipinski definition) is 0. The fourth-order valence-corrected chi connectivity index (χ4v) is 2.23. The highest BCUT2D eigenvalue weighted by Crippen LogP contribution is 2.31. The second-order valence-corrected chi connectivity index (χ2v) is 4.02. The highest BCUT2D eigenvalue weighted by Gasteiger charge is 2.27. The molecule has 0 saturated carbocycles. The lowest BCUT2D eigenvalue weighted by Gasteiger charge is -2.33. The Labute approximate surface area is 90.5 Å². The molecule has 2 aliphatic heterocycles. The molecule has 15 heavy (non-hydrogen) atoms. The summed E-state index contributed by atoms with van der Waals surface area (Å²) in [5.41, 5.74) is 3.99. The maximum absolute atomic E-state index is 2.32. The molecule has 1 nitrogen and oxygen atoms in total. The first-order chi connectivity index (χ1) is 7.36. The van der Waals surface area contributed by atoms with Crippen LogP contribution in [0.25, 0.3) is 6.08 Å². The van der Waals surface area contributed by atoms with Gasteiger partial charge >= 0.3 is 6.85 Å². The van der Waals surface area contributed by atoms with Crippen LogP contribution in [0.4, 0.5) is 5.69 Å². The van der Waals surface area contributed by atoms with Crippen molar-refractivity contribution in [2.75, 3.05) is 4.81 Å². The average Bonchev–Trinajstić information content (AvgIpc) is 2.29. The van der Waals surface area contributed by atoms with Gasteiger partial charge in [0.1, 0.15) is 0 Å². The van der Waals surface area contributed by atoms with E-state index in [2.05, 4.69) is 66.4 Å². The van der Waals surface area contributed by atoms with E-state index in [0.717, 1.165) is 0 Å². The third-order valence-corrected chi connectivity index (χ3v) is 3.04. The molecule has 0 bridgehead atoms. The summed E-state index contributed by atoms with van der Waals surface area (Å²) in [6, 6.07) is 8.51. The molecular weight excluding hydrogens is 181 g/mol. The second kappa shape index (κ2) is 3.16. The van der Waals surface area contributed by atoms with Gasteiger partial charge in [-0.25, -0.2) is 0 Å². The molecule has 0 fully saturated rings. The van der Waals surface area contributed by atoms with Crippen LogP contribution in [0.2, 0.25) is 0 Å². The molecule has 2 aliphatic rings. The van der Waals surface area contributed by atoms with Gasteiger partial charge in [0.05, 0.1) is 0 Å². The molecule has 0 aliphatic carbocycles. The van der Waals surface area contributed by atoms with Crippen LogP contribution in [0.1, 0.15) is 12.5 Å². The van der Waals surface area contributed by atoms with Gasteiger partial charge in [-0.05, 0) is 30.8 Å². The predicted octanol–water partition coefficient (Wildman–Crippen LogP) is 3.06. The largest absolute Gasteiger partial charge is 0.383 e. The number of rotatable bonds is 0. The third kappa shape index (κ3) is 1.25. The molecule has 0 saturated heterocycles. The zero-order valence-electron chi connectivity index (χ0n) is 8.72. The van der Waals surface area contributed by atoms with E-state index in [-0.39, 0.29) is 0 Å². The second-order valence-electron chi connectivity index (χ2n) is 4.02. The smallest absolute Gasteiger partial charge is 0.315 e. The topological polar surface area (TPSA) is 3.24 Å². The monoisotopic (exact) mass is 193 g/mol. The van der Waals surface area contributed by atoms with E-state index in [0.29, 0.717) is 6.85 Å². The van der Waals surface area contributed by atoms with Crippen molar-refractivity contribution in [1.29, 1.82) is 0 Å². The van der Waals surface area contributed by atoms with Crippen molar-refractivity contribution in [3.8, 4) is 0 Å². The molecule has 1 aromatic rings. The van der Waals surface area contributed by atoms with Crippen molar-refractivity contribution >= 4 is 18.6 Å². The summed E-state index contributed by atoms with van der Waals surface area (Å²) in [6.45, 7) is 2.59. The predicted molar refractivity (Wildman–Crippen MR) is 66.6 cm³/mol. The summed E-state index contributed by atoms with van der Waals surface area (Å²) in [5, 5.41) is 0. The molecule has 1 aromatic carbocycles. The van der Waals surface area contributed by atoms with Gasteiger partial charge in [0.2, 0.25) is 0 Å². The van der Waals surface area contributed by atoms with Crippen molar-refractivity contribution in [2.24, 2.45) is 0 Å². The zero-order valence-corrected chi connectivity index (χ0v) is 8.72. The highest BCUT2D eigenvalue weighted by atomic mass is 15.1. The van der Waals surface area contributed by atoms with Gasteiger partial charge in [0.25, 0.3) is 0 Å². The summed E-state index contributed by atoms with van der Waals surface area (Å²) < 4.78 is 0. The van der Waals surface area contributed by atoms with Crippen molar-refractivity contribution in [2.45, 2.75) is 6.92 Å². The first-order valence-electron chi connectivity index (χ1n) is 5.27. The summed E-state index contributed by atoms with van der Waals surface area (Å²) >= 11 is 0. The number of hydrogen-bond acceptors (Lipinski definition) is 1. The minimum Gasteiger partial charge on any atom is -0.383 e. The number of fused-ring (bicyclic) bond motifs is 3. The van der Waals surface area contributed by atoms with Gasteiger partial charge in [0, 0.05) is 5.69 Å². The first kappa shape index (κ1) is 8.60. The number of benzene rings is 1. The fraction of sp³-hybridized carbons (Fsp3) is 0.0769. The molecule has 0 N–H and O–H groups in total. The van der Waals surface area contributed by atoms with E-state index in [4.69, 9.17) is 0 Å². The lowest BCUT2D eigenvalue weighted by atomic mass is 9.51.